The number of piperidine rings is 1. The standard InChI is InChI=1S/C25H30FN3O4S/c26-20-9-11-22(12-10-20)28-34(32,33)23-8-4-7-19(17-23)25(31)29-15-13-21(14-16-29)27-24(30)18-5-2-1-3-6-18/h4,7-12,17-18,21,28H,1-3,5-6,13-16H2,(H,27,30). The van der Waals surface area contributed by atoms with Gasteiger partial charge in [0, 0.05) is 36.3 Å². The molecule has 1 heterocycles. The summed E-state index contributed by atoms with van der Waals surface area (Å²) < 4.78 is 41.0. The van der Waals surface area contributed by atoms with E-state index in [0.717, 1.165) is 25.7 Å². The SMILES string of the molecule is O=C(NC1CCN(C(=O)c2cccc(S(=O)(=O)Nc3ccc(F)cc3)c2)CC1)C1CCCCC1. The molecule has 2 aromatic carbocycles. The van der Waals surface area contributed by atoms with Gasteiger partial charge in [-0.05, 0) is 68.1 Å². The van der Waals surface area contributed by atoms with Crippen LogP contribution in [0.5, 0.6) is 0 Å². The maximum absolute atomic E-state index is 13.1. The number of nitrogens with zero attached hydrogens (tertiary/aromatic N) is 1. The van der Waals surface area contributed by atoms with Crippen LogP contribution in [-0.2, 0) is 14.8 Å². The van der Waals surface area contributed by atoms with Crippen molar-refractivity contribution >= 4 is 27.5 Å². The predicted octanol–water partition coefficient (Wildman–Crippen LogP) is 3.93. The topological polar surface area (TPSA) is 95.6 Å². The van der Waals surface area contributed by atoms with E-state index in [2.05, 4.69) is 10.0 Å². The van der Waals surface area contributed by atoms with Gasteiger partial charge in [-0.15, -0.1) is 0 Å². The molecule has 7 nitrogen and oxygen atoms in total. The Kier molecular flexibility index (Phi) is 7.50. The van der Waals surface area contributed by atoms with E-state index in [-0.39, 0.29) is 39.9 Å². The molecular weight excluding hydrogens is 457 g/mol. The molecule has 0 unspecified atom stereocenters. The lowest BCUT2D eigenvalue weighted by atomic mass is 9.88. The van der Waals surface area contributed by atoms with Crippen molar-refractivity contribution in [1.82, 2.24) is 10.2 Å². The van der Waals surface area contributed by atoms with Crippen LogP contribution in [0.3, 0.4) is 0 Å². The summed E-state index contributed by atoms with van der Waals surface area (Å²) in [5.41, 5.74) is 0.516. The molecule has 0 radical (unpaired) electrons. The van der Waals surface area contributed by atoms with Crippen LogP contribution >= 0.6 is 0 Å². The molecule has 0 aromatic heterocycles. The van der Waals surface area contributed by atoms with E-state index in [1.807, 2.05) is 0 Å². The monoisotopic (exact) mass is 487 g/mol. The molecule has 1 saturated heterocycles. The molecule has 9 heteroatoms. The second-order valence-corrected chi connectivity index (χ2v) is 10.7. The van der Waals surface area contributed by atoms with Crippen LogP contribution in [0.25, 0.3) is 0 Å². The molecule has 0 atom stereocenters. The minimum atomic E-state index is -3.94. The Hall–Kier alpha value is -2.94. The van der Waals surface area contributed by atoms with Gasteiger partial charge in [0.25, 0.3) is 15.9 Å². The van der Waals surface area contributed by atoms with Crippen LogP contribution < -0.4 is 10.0 Å². The Bertz CT molecular complexity index is 1120. The number of likely N-dealkylation sites (tertiary alicyclic amines) is 1. The van der Waals surface area contributed by atoms with E-state index >= 15 is 0 Å². The molecule has 34 heavy (non-hydrogen) atoms. The van der Waals surface area contributed by atoms with Crippen molar-refractivity contribution in [2.45, 2.75) is 55.9 Å². The second-order valence-electron chi connectivity index (χ2n) is 9.05. The third-order valence-corrected chi connectivity index (χ3v) is 7.97. The van der Waals surface area contributed by atoms with Crippen molar-refractivity contribution in [3.8, 4) is 0 Å². The number of amides is 2. The molecule has 182 valence electrons. The Morgan fingerprint density at radius 2 is 1.59 bits per heavy atom. The van der Waals surface area contributed by atoms with Crippen molar-refractivity contribution in [3.05, 3.63) is 59.9 Å². The van der Waals surface area contributed by atoms with E-state index in [0.29, 0.717) is 25.9 Å². The predicted molar refractivity (Wildman–Crippen MR) is 127 cm³/mol. The summed E-state index contributed by atoms with van der Waals surface area (Å²) in [5, 5.41) is 3.16. The van der Waals surface area contributed by atoms with Crippen LogP contribution in [0.1, 0.15) is 55.3 Å². The summed E-state index contributed by atoms with van der Waals surface area (Å²) in [6.45, 7) is 0.999. The zero-order valence-corrected chi connectivity index (χ0v) is 19.8. The molecule has 0 spiro atoms. The lowest BCUT2D eigenvalue weighted by Gasteiger charge is -2.33. The van der Waals surface area contributed by atoms with Crippen LogP contribution in [-0.4, -0.2) is 44.3 Å². The summed E-state index contributed by atoms with van der Waals surface area (Å²) >= 11 is 0. The van der Waals surface area contributed by atoms with Gasteiger partial charge >= 0.3 is 0 Å². The number of hydrogen-bond donors (Lipinski definition) is 2. The summed E-state index contributed by atoms with van der Waals surface area (Å²) in [6, 6.07) is 10.9. The van der Waals surface area contributed by atoms with E-state index in [1.165, 1.54) is 48.9 Å². The van der Waals surface area contributed by atoms with Crippen molar-refractivity contribution in [2.24, 2.45) is 5.92 Å². The van der Waals surface area contributed by atoms with Gasteiger partial charge in [0.2, 0.25) is 5.91 Å². The molecule has 2 fully saturated rings. The van der Waals surface area contributed by atoms with Crippen molar-refractivity contribution in [2.75, 3.05) is 17.8 Å². The first-order valence-corrected chi connectivity index (χ1v) is 13.3. The van der Waals surface area contributed by atoms with Gasteiger partial charge in [-0.1, -0.05) is 25.3 Å². The quantitative estimate of drug-likeness (QED) is 0.646. The average molecular weight is 488 g/mol. The molecule has 1 aliphatic heterocycles. The summed E-state index contributed by atoms with van der Waals surface area (Å²) in [4.78, 5) is 27.2. The first-order valence-electron chi connectivity index (χ1n) is 11.8. The number of carbonyl (C=O) groups excluding carboxylic acids is 2. The molecule has 1 aliphatic carbocycles. The molecule has 4 rings (SSSR count). The van der Waals surface area contributed by atoms with Gasteiger partial charge in [-0.3, -0.25) is 14.3 Å². The van der Waals surface area contributed by atoms with Gasteiger partial charge in [0.1, 0.15) is 5.82 Å². The fourth-order valence-corrected chi connectivity index (χ4v) is 5.73. The minimum absolute atomic E-state index is 0.0442. The van der Waals surface area contributed by atoms with Gasteiger partial charge in [-0.2, -0.15) is 0 Å². The van der Waals surface area contributed by atoms with Crippen LogP contribution in [0.2, 0.25) is 0 Å². The third kappa shape index (κ3) is 5.94. The number of anilines is 1. The van der Waals surface area contributed by atoms with Crippen LogP contribution in [0.4, 0.5) is 10.1 Å². The third-order valence-electron chi connectivity index (χ3n) is 6.59. The van der Waals surface area contributed by atoms with Gasteiger partial charge in [0.05, 0.1) is 4.90 Å². The Morgan fingerprint density at radius 3 is 2.26 bits per heavy atom. The normalized spacial score (nSPS) is 17.9. The molecule has 0 bridgehead atoms. The summed E-state index contributed by atoms with van der Waals surface area (Å²) in [7, 11) is -3.94. The number of hydrogen-bond acceptors (Lipinski definition) is 4. The Morgan fingerprint density at radius 1 is 0.912 bits per heavy atom. The van der Waals surface area contributed by atoms with Crippen molar-refractivity contribution in [3.63, 3.8) is 0 Å². The first kappa shape index (κ1) is 24.2. The highest BCUT2D eigenvalue weighted by atomic mass is 32.2. The number of rotatable bonds is 6. The van der Waals surface area contributed by atoms with E-state index in [9.17, 15) is 22.4 Å². The minimum Gasteiger partial charge on any atom is -0.353 e. The maximum Gasteiger partial charge on any atom is 0.261 e. The number of benzene rings is 2. The highest BCUT2D eigenvalue weighted by Gasteiger charge is 2.28. The van der Waals surface area contributed by atoms with Crippen molar-refractivity contribution in [1.29, 1.82) is 0 Å². The van der Waals surface area contributed by atoms with E-state index in [4.69, 9.17) is 0 Å². The molecule has 1 saturated carbocycles. The molecule has 2 N–H and O–H groups in total. The van der Waals surface area contributed by atoms with Gasteiger partial charge < -0.3 is 10.2 Å². The lowest BCUT2D eigenvalue weighted by Crippen LogP contribution is -2.48. The van der Waals surface area contributed by atoms with Crippen LogP contribution in [0.15, 0.2) is 53.4 Å². The fraction of sp³-hybridized carbons (Fsp3) is 0.440. The lowest BCUT2D eigenvalue weighted by molar-refractivity contribution is -0.126. The average Bonchev–Trinajstić information content (AvgIpc) is 2.86. The maximum atomic E-state index is 13.1. The number of sulfonamides is 1. The smallest absolute Gasteiger partial charge is 0.261 e. The Balaban J connectivity index is 1.35. The second kappa shape index (κ2) is 10.5. The first-order chi connectivity index (χ1) is 16.3. The number of carbonyl (C=O) groups is 2. The molecule has 2 aromatic rings. The highest BCUT2D eigenvalue weighted by molar-refractivity contribution is 7.92. The summed E-state index contributed by atoms with van der Waals surface area (Å²) in [5.74, 6) is -0.457. The van der Waals surface area contributed by atoms with Crippen molar-refractivity contribution < 1.29 is 22.4 Å². The van der Waals surface area contributed by atoms with Gasteiger partial charge in [-0.25, -0.2) is 12.8 Å². The van der Waals surface area contributed by atoms with Gasteiger partial charge in [0.15, 0.2) is 0 Å². The van der Waals surface area contributed by atoms with E-state index < -0.39 is 15.8 Å². The number of nitrogens with one attached hydrogen (secondary N) is 2. The fourth-order valence-electron chi connectivity index (χ4n) is 4.62. The summed E-state index contributed by atoms with van der Waals surface area (Å²) in [6.07, 6.45) is 6.69. The highest BCUT2D eigenvalue weighted by Crippen LogP contribution is 2.25. The molecule has 2 amide bonds. The Labute approximate surface area is 199 Å². The largest absolute Gasteiger partial charge is 0.353 e. The zero-order valence-electron chi connectivity index (χ0n) is 19.0. The van der Waals surface area contributed by atoms with Crippen LogP contribution in [0, 0.1) is 11.7 Å². The van der Waals surface area contributed by atoms with E-state index in [1.54, 1.807) is 11.0 Å². The molecule has 2 aliphatic rings. The molecular formula is C25H30FN3O4S. The zero-order chi connectivity index (χ0) is 24.1. The number of halogens is 1.